The van der Waals surface area contributed by atoms with Crippen molar-refractivity contribution in [3.05, 3.63) is 29.6 Å². The molecule has 1 unspecified atom stereocenters. The van der Waals surface area contributed by atoms with E-state index in [1.165, 1.54) is 95.5 Å². The molecule has 0 saturated heterocycles. The molecule has 0 N–H and O–H groups in total. The monoisotopic (exact) mass is 482 g/mol. The molecule has 1 heterocycles. The minimum atomic E-state index is 0.0352. The topological polar surface area (TPSA) is 35.0 Å². The smallest absolute Gasteiger partial charge is 0.124 e. The first-order valence-corrected chi connectivity index (χ1v) is 14.7. The molecule has 1 atom stereocenters. The second-order valence-corrected chi connectivity index (χ2v) is 11.7. The highest BCUT2D eigenvalue weighted by molar-refractivity contribution is 5.78. The van der Waals surface area contributed by atoms with E-state index >= 15 is 0 Å². The summed E-state index contributed by atoms with van der Waals surface area (Å²) in [7, 11) is 1.81. The van der Waals surface area contributed by atoms with Crippen LogP contribution in [0.5, 0.6) is 5.75 Å². The summed E-state index contributed by atoms with van der Waals surface area (Å²) in [5, 5.41) is 0. The van der Waals surface area contributed by atoms with E-state index in [1.807, 2.05) is 13.3 Å². The molecule has 0 radical (unpaired) electrons. The average molecular weight is 483 g/mol. The van der Waals surface area contributed by atoms with Crippen molar-refractivity contribution in [3.63, 3.8) is 0 Å². The number of hydrogen-bond donors (Lipinski definition) is 0. The summed E-state index contributed by atoms with van der Waals surface area (Å²) >= 11 is 0. The Hall–Kier alpha value is -1.64. The lowest BCUT2D eigenvalue weighted by Gasteiger charge is -2.32. The first kappa shape index (κ1) is 29.6. The van der Waals surface area contributed by atoms with Crippen molar-refractivity contribution in [2.24, 2.45) is 0 Å². The zero-order valence-corrected chi connectivity index (χ0v) is 24.1. The minimum Gasteiger partial charge on any atom is -0.496 e. The van der Waals surface area contributed by atoms with Gasteiger partial charge in [0.2, 0.25) is 0 Å². The zero-order valence-electron chi connectivity index (χ0n) is 24.1. The van der Waals surface area contributed by atoms with Crippen molar-refractivity contribution in [3.8, 4) is 5.75 Å². The molecule has 0 saturated carbocycles. The standard InChI is InChI=1S/C32H54N2O/c1-8-11-14-16-18-20-31(4,5)30-25-33-27-23-26(29(35-7)24-28(27)34-30)32(6,21-13-10-3)22-19-17-15-12-9-2/h23-25H,8-22H2,1-7H3. The van der Waals surface area contributed by atoms with Crippen molar-refractivity contribution in [2.75, 3.05) is 7.11 Å². The molecule has 1 aromatic heterocycles. The Kier molecular flexibility index (Phi) is 12.5. The molecule has 0 fully saturated rings. The third-order valence-electron chi connectivity index (χ3n) is 8.03. The van der Waals surface area contributed by atoms with Crippen LogP contribution >= 0.6 is 0 Å². The average Bonchev–Trinajstić information content (AvgIpc) is 2.86. The fraction of sp³-hybridized carbons (Fsp3) is 0.750. The fourth-order valence-electron chi connectivity index (χ4n) is 5.39. The lowest BCUT2D eigenvalue weighted by Crippen LogP contribution is -2.23. The Morgan fingerprint density at radius 2 is 1.26 bits per heavy atom. The van der Waals surface area contributed by atoms with Gasteiger partial charge in [-0.05, 0) is 30.7 Å². The van der Waals surface area contributed by atoms with Crippen LogP contribution in [0.2, 0.25) is 0 Å². The Balaban J connectivity index is 2.29. The van der Waals surface area contributed by atoms with Crippen LogP contribution in [0.1, 0.15) is 149 Å². The van der Waals surface area contributed by atoms with Gasteiger partial charge in [-0.1, -0.05) is 119 Å². The van der Waals surface area contributed by atoms with Crippen molar-refractivity contribution in [1.82, 2.24) is 9.97 Å². The van der Waals surface area contributed by atoms with E-state index in [2.05, 4.69) is 53.7 Å². The third kappa shape index (κ3) is 8.76. The molecule has 0 aliphatic carbocycles. The van der Waals surface area contributed by atoms with Gasteiger partial charge >= 0.3 is 0 Å². The van der Waals surface area contributed by atoms with Gasteiger partial charge in [0.25, 0.3) is 0 Å². The molecule has 3 heteroatoms. The maximum Gasteiger partial charge on any atom is 0.124 e. The summed E-state index contributed by atoms with van der Waals surface area (Å²) in [6.07, 6.45) is 21.1. The lowest BCUT2D eigenvalue weighted by molar-refractivity contribution is 0.341. The molecular formula is C32H54N2O. The largest absolute Gasteiger partial charge is 0.496 e. The Labute approximate surface area is 216 Å². The maximum absolute atomic E-state index is 5.98. The molecule has 3 nitrogen and oxygen atoms in total. The van der Waals surface area contributed by atoms with Crippen LogP contribution in [0, 0.1) is 0 Å². The van der Waals surface area contributed by atoms with Gasteiger partial charge < -0.3 is 4.74 Å². The lowest BCUT2D eigenvalue weighted by atomic mass is 9.73. The maximum atomic E-state index is 5.98. The van der Waals surface area contributed by atoms with E-state index < -0.39 is 0 Å². The van der Waals surface area contributed by atoms with Gasteiger partial charge in [0.1, 0.15) is 5.75 Å². The van der Waals surface area contributed by atoms with Crippen molar-refractivity contribution < 1.29 is 4.74 Å². The van der Waals surface area contributed by atoms with E-state index in [9.17, 15) is 0 Å². The second kappa shape index (κ2) is 14.8. The molecule has 1 aromatic carbocycles. The third-order valence-corrected chi connectivity index (χ3v) is 8.03. The first-order valence-electron chi connectivity index (χ1n) is 14.7. The summed E-state index contributed by atoms with van der Waals surface area (Å²) in [5.41, 5.74) is 4.52. The van der Waals surface area contributed by atoms with Gasteiger partial charge in [-0.3, -0.25) is 4.98 Å². The summed E-state index contributed by atoms with van der Waals surface area (Å²) < 4.78 is 5.98. The number of methoxy groups -OCH3 is 1. The number of hydrogen-bond acceptors (Lipinski definition) is 3. The molecule has 0 aliphatic rings. The predicted molar refractivity (Wildman–Crippen MR) is 153 cm³/mol. The van der Waals surface area contributed by atoms with Crippen molar-refractivity contribution >= 4 is 11.0 Å². The van der Waals surface area contributed by atoms with Gasteiger partial charge in [0, 0.05) is 23.2 Å². The van der Waals surface area contributed by atoms with Crippen LogP contribution in [-0.4, -0.2) is 17.1 Å². The highest BCUT2D eigenvalue weighted by Gasteiger charge is 2.30. The molecule has 0 amide bonds. The van der Waals surface area contributed by atoms with Crippen molar-refractivity contribution in [1.29, 1.82) is 0 Å². The first-order chi connectivity index (χ1) is 16.8. The number of benzene rings is 1. The number of unbranched alkanes of at least 4 members (excludes halogenated alkanes) is 9. The van der Waals surface area contributed by atoms with E-state index in [0.29, 0.717) is 0 Å². The van der Waals surface area contributed by atoms with Crippen LogP contribution in [0.15, 0.2) is 18.3 Å². The highest BCUT2D eigenvalue weighted by atomic mass is 16.5. The Bertz CT molecular complexity index is 875. The van der Waals surface area contributed by atoms with Gasteiger partial charge in [0.15, 0.2) is 0 Å². The Morgan fingerprint density at radius 3 is 1.86 bits per heavy atom. The highest BCUT2D eigenvalue weighted by Crippen LogP contribution is 2.42. The molecular weight excluding hydrogens is 428 g/mol. The van der Waals surface area contributed by atoms with Crippen LogP contribution < -0.4 is 4.74 Å². The van der Waals surface area contributed by atoms with E-state index in [1.54, 1.807) is 0 Å². The molecule has 2 rings (SSSR count). The van der Waals surface area contributed by atoms with Gasteiger partial charge in [-0.25, -0.2) is 4.98 Å². The molecule has 198 valence electrons. The fourth-order valence-corrected chi connectivity index (χ4v) is 5.39. The molecule has 0 spiro atoms. The number of fused-ring (bicyclic) bond motifs is 1. The number of aromatic nitrogens is 2. The van der Waals surface area contributed by atoms with Crippen LogP contribution in [0.3, 0.4) is 0 Å². The van der Waals surface area contributed by atoms with Crippen LogP contribution in [-0.2, 0) is 10.8 Å². The second-order valence-electron chi connectivity index (χ2n) is 11.7. The minimum absolute atomic E-state index is 0.0352. The Morgan fingerprint density at radius 1 is 0.686 bits per heavy atom. The quantitative estimate of drug-likeness (QED) is 0.198. The molecule has 2 aromatic rings. The number of ether oxygens (including phenoxy) is 1. The van der Waals surface area contributed by atoms with Crippen LogP contribution in [0.25, 0.3) is 11.0 Å². The van der Waals surface area contributed by atoms with Gasteiger partial charge in [-0.2, -0.15) is 0 Å². The summed E-state index contributed by atoms with van der Waals surface area (Å²) in [5.74, 6) is 0.980. The van der Waals surface area contributed by atoms with Gasteiger partial charge in [0.05, 0.1) is 23.8 Å². The van der Waals surface area contributed by atoms with E-state index in [-0.39, 0.29) is 10.8 Å². The predicted octanol–water partition coefficient (Wildman–Crippen LogP) is 10.1. The van der Waals surface area contributed by atoms with Gasteiger partial charge in [-0.15, -0.1) is 0 Å². The molecule has 0 aliphatic heterocycles. The van der Waals surface area contributed by atoms with E-state index in [4.69, 9.17) is 14.7 Å². The number of nitrogens with zero attached hydrogens (tertiary/aromatic N) is 2. The summed E-state index contributed by atoms with van der Waals surface area (Å²) in [6, 6.07) is 4.43. The zero-order chi connectivity index (χ0) is 25.7. The summed E-state index contributed by atoms with van der Waals surface area (Å²) in [4.78, 5) is 10.0. The summed E-state index contributed by atoms with van der Waals surface area (Å²) in [6.45, 7) is 13.9. The van der Waals surface area contributed by atoms with Crippen LogP contribution in [0.4, 0.5) is 0 Å². The van der Waals surface area contributed by atoms with Crippen molar-refractivity contribution in [2.45, 2.75) is 149 Å². The molecule has 35 heavy (non-hydrogen) atoms. The SMILES string of the molecule is CCCCCCCC(C)(C)c1cnc2cc(C(C)(CCCC)CCCCCCC)c(OC)cc2n1. The number of rotatable bonds is 18. The van der Waals surface area contributed by atoms with E-state index in [0.717, 1.165) is 28.9 Å². The normalized spacial score (nSPS) is 13.8. The molecule has 0 bridgehead atoms.